The lowest BCUT2D eigenvalue weighted by molar-refractivity contribution is 0.345. The van der Waals surface area contributed by atoms with Crippen LogP contribution in [-0.2, 0) is 5.41 Å². The Kier molecular flexibility index (Phi) is 6.44. The van der Waals surface area contributed by atoms with E-state index in [4.69, 9.17) is 0 Å². The lowest BCUT2D eigenvalue weighted by atomic mass is 9.79. The summed E-state index contributed by atoms with van der Waals surface area (Å²) in [5.74, 6) is 0. The molecule has 1 fully saturated rings. The predicted octanol–water partition coefficient (Wildman–Crippen LogP) is 3.25. The Bertz CT molecular complexity index is 612. The lowest BCUT2D eigenvalue weighted by Gasteiger charge is -2.29. The summed E-state index contributed by atoms with van der Waals surface area (Å²) < 4.78 is 0. The SMILES string of the molecule is C1=CC2(c3ccc(-c4cnc[nH]4)nc3)CCN(C1)C2.Cl.Cl.Cl. The lowest BCUT2D eigenvalue weighted by Crippen LogP contribution is -2.33. The number of halogens is 3. The van der Waals surface area contributed by atoms with Gasteiger partial charge >= 0.3 is 0 Å². The number of H-pyrrole nitrogens is 1. The van der Waals surface area contributed by atoms with Crippen LogP contribution in [0.5, 0.6) is 0 Å². The molecule has 4 heterocycles. The molecule has 0 aromatic carbocycles. The van der Waals surface area contributed by atoms with E-state index in [1.165, 1.54) is 18.5 Å². The van der Waals surface area contributed by atoms with Crippen molar-refractivity contribution < 1.29 is 0 Å². The van der Waals surface area contributed by atoms with Gasteiger partial charge in [-0.1, -0.05) is 18.2 Å². The molecule has 0 amide bonds. The van der Waals surface area contributed by atoms with Crippen LogP contribution in [0, 0.1) is 0 Å². The van der Waals surface area contributed by atoms with Gasteiger partial charge in [0, 0.05) is 24.7 Å². The van der Waals surface area contributed by atoms with Crippen molar-refractivity contribution in [3.63, 3.8) is 0 Å². The first-order chi connectivity index (χ1) is 9.36. The largest absolute Gasteiger partial charge is 0.343 e. The minimum Gasteiger partial charge on any atom is -0.343 e. The van der Waals surface area contributed by atoms with Gasteiger partial charge in [-0.05, 0) is 24.6 Å². The van der Waals surface area contributed by atoms with Crippen LogP contribution in [0.25, 0.3) is 11.4 Å². The van der Waals surface area contributed by atoms with Gasteiger partial charge in [0.05, 0.1) is 23.9 Å². The predicted molar refractivity (Wildman–Crippen MR) is 95.4 cm³/mol. The molecule has 0 aliphatic carbocycles. The van der Waals surface area contributed by atoms with E-state index in [0.717, 1.165) is 24.5 Å². The highest BCUT2D eigenvalue weighted by atomic mass is 35.5. The van der Waals surface area contributed by atoms with Crippen molar-refractivity contribution in [3.8, 4) is 11.4 Å². The molecule has 2 aliphatic heterocycles. The van der Waals surface area contributed by atoms with Crippen LogP contribution in [0.1, 0.15) is 12.0 Å². The maximum atomic E-state index is 4.58. The third-order valence-corrected chi connectivity index (χ3v) is 4.29. The zero-order valence-corrected chi connectivity index (χ0v) is 14.4. The number of hydrogen-bond donors (Lipinski definition) is 1. The van der Waals surface area contributed by atoms with Crippen LogP contribution < -0.4 is 0 Å². The minimum absolute atomic E-state index is 0. The molecule has 1 N–H and O–H groups in total. The van der Waals surface area contributed by atoms with E-state index in [0.29, 0.717) is 0 Å². The van der Waals surface area contributed by atoms with Crippen molar-refractivity contribution in [2.45, 2.75) is 11.8 Å². The molecule has 120 valence electrons. The molecule has 22 heavy (non-hydrogen) atoms. The highest BCUT2D eigenvalue weighted by Gasteiger charge is 2.39. The van der Waals surface area contributed by atoms with Gasteiger partial charge in [0.1, 0.15) is 0 Å². The van der Waals surface area contributed by atoms with Crippen LogP contribution in [0.3, 0.4) is 0 Å². The molecule has 2 unspecified atom stereocenters. The molecule has 4 nitrogen and oxygen atoms in total. The molecule has 0 radical (unpaired) electrons. The van der Waals surface area contributed by atoms with Gasteiger partial charge < -0.3 is 4.98 Å². The van der Waals surface area contributed by atoms with Crippen LogP contribution in [-0.4, -0.2) is 39.5 Å². The molecule has 2 aromatic heterocycles. The Labute approximate surface area is 148 Å². The number of nitrogens with zero attached hydrogens (tertiary/aromatic N) is 3. The average molecular weight is 362 g/mol. The highest BCUT2D eigenvalue weighted by molar-refractivity contribution is 5.86. The number of aromatic amines is 1. The summed E-state index contributed by atoms with van der Waals surface area (Å²) in [5, 5.41) is 0. The van der Waals surface area contributed by atoms with E-state index in [1.54, 1.807) is 12.5 Å². The molecular weight excluding hydrogens is 343 g/mol. The van der Waals surface area contributed by atoms with Gasteiger partial charge in [-0.25, -0.2) is 4.98 Å². The number of pyridine rings is 1. The van der Waals surface area contributed by atoms with Crippen LogP contribution >= 0.6 is 37.2 Å². The Balaban J connectivity index is 0.000000807. The fourth-order valence-electron chi connectivity index (χ4n) is 3.21. The topological polar surface area (TPSA) is 44.8 Å². The van der Waals surface area contributed by atoms with Crippen LogP contribution in [0.4, 0.5) is 0 Å². The van der Waals surface area contributed by atoms with E-state index in [-0.39, 0.29) is 42.6 Å². The van der Waals surface area contributed by atoms with Crippen molar-refractivity contribution in [1.29, 1.82) is 0 Å². The summed E-state index contributed by atoms with van der Waals surface area (Å²) in [4.78, 5) is 14.2. The minimum atomic E-state index is 0. The molecule has 2 atom stereocenters. The average Bonchev–Trinajstić information content (AvgIpc) is 3.09. The van der Waals surface area contributed by atoms with E-state index in [2.05, 4.69) is 44.1 Å². The van der Waals surface area contributed by atoms with Gasteiger partial charge in [-0.3, -0.25) is 9.88 Å². The molecule has 2 aliphatic rings. The maximum absolute atomic E-state index is 4.58. The fourth-order valence-corrected chi connectivity index (χ4v) is 3.21. The molecule has 0 saturated carbocycles. The second-order valence-electron chi connectivity index (χ2n) is 5.44. The Morgan fingerprint density at radius 2 is 2.00 bits per heavy atom. The molecule has 7 heteroatoms. The Hall–Kier alpha value is -1.07. The van der Waals surface area contributed by atoms with Crippen molar-refractivity contribution in [3.05, 3.63) is 48.6 Å². The maximum Gasteiger partial charge on any atom is 0.0924 e. The summed E-state index contributed by atoms with van der Waals surface area (Å²) >= 11 is 0. The smallest absolute Gasteiger partial charge is 0.0924 e. The fraction of sp³-hybridized carbons (Fsp3) is 0.333. The van der Waals surface area contributed by atoms with Crippen molar-refractivity contribution in [2.75, 3.05) is 19.6 Å². The normalized spacial score (nSPS) is 24.8. The van der Waals surface area contributed by atoms with Crippen LogP contribution in [0.15, 0.2) is 43.0 Å². The first-order valence-electron chi connectivity index (χ1n) is 6.71. The van der Waals surface area contributed by atoms with Gasteiger partial charge in [0.25, 0.3) is 0 Å². The van der Waals surface area contributed by atoms with E-state index < -0.39 is 0 Å². The summed E-state index contributed by atoms with van der Waals surface area (Å²) in [5.41, 5.74) is 3.44. The summed E-state index contributed by atoms with van der Waals surface area (Å²) in [7, 11) is 0. The first kappa shape index (κ1) is 19.0. The molecule has 2 bridgehead atoms. The van der Waals surface area contributed by atoms with Gasteiger partial charge in [-0.2, -0.15) is 0 Å². The molecule has 0 spiro atoms. The summed E-state index contributed by atoms with van der Waals surface area (Å²) in [6.07, 6.45) is 11.4. The molecular formula is C15H19Cl3N4. The Morgan fingerprint density at radius 3 is 2.68 bits per heavy atom. The number of aromatic nitrogens is 3. The van der Waals surface area contributed by atoms with Gasteiger partial charge in [0.2, 0.25) is 0 Å². The quantitative estimate of drug-likeness (QED) is 0.835. The molecule has 1 saturated heterocycles. The van der Waals surface area contributed by atoms with Gasteiger partial charge in [-0.15, -0.1) is 37.2 Å². The third-order valence-electron chi connectivity index (χ3n) is 4.29. The zero-order chi connectivity index (χ0) is 12.7. The standard InChI is InChI=1S/C15H16N4.3ClH/c1-4-15(5-7-19(6-1)10-15)12-2-3-13(17-8-12)14-9-16-11-18-14;;;/h1-4,8-9,11H,5-7,10H2,(H,16,18);3*1H. The summed E-state index contributed by atoms with van der Waals surface area (Å²) in [6, 6.07) is 4.30. The number of hydrogen-bond acceptors (Lipinski definition) is 3. The second-order valence-corrected chi connectivity index (χ2v) is 5.44. The van der Waals surface area contributed by atoms with Gasteiger partial charge in [0.15, 0.2) is 0 Å². The zero-order valence-electron chi connectivity index (χ0n) is 11.9. The number of rotatable bonds is 2. The number of nitrogens with one attached hydrogen (secondary N) is 1. The molecule has 4 rings (SSSR count). The third kappa shape index (κ3) is 3.15. The second kappa shape index (κ2) is 7.47. The number of fused-ring (bicyclic) bond motifs is 2. The van der Waals surface area contributed by atoms with Crippen molar-refractivity contribution in [1.82, 2.24) is 19.9 Å². The van der Waals surface area contributed by atoms with Crippen molar-refractivity contribution >= 4 is 37.2 Å². The van der Waals surface area contributed by atoms with E-state index in [9.17, 15) is 0 Å². The molecule has 2 aromatic rings. The van der Waals surface area contributed by atoms with Crippen molar-refractivity contribution in [2.24, 2.45) is 0 Å². The summed E-state index contributed by atoms with van der Waals surface area (Å²) in [6.45, 7) is 3.42. The Morgan fingerprint density at radius 1 is 1.14 bits per heavy atom. The highest BCUT2D eigenvalue weighted by Crippen LogP contribution is 2.38. The first-order valence-corrected chi connectivity index (χ1v) is 6.71. The van der Waals surface area contributed by atoms with Crippen LogP contribution in [0.2, 0.25) is 0 Å². The van der Waals surface area contributed by atoms with E-state index in [1.807, 2.05) is 6.20 Å². The van der Waals surface area contributed by atoms with E-state index >= 15 is 0 Å². The number of imidazole rings is 1. The monoisotopic (exact) mass is 360 g/mol.